The second kappa shape index (κ2) is 11.4. The zero-order valence-electron chi connectivity index (χ0n) is 16.0. The molecular weight excluding hydrogens is 384 g/mol. The highest BCUT2D eigenvalue weighted by Gasteiger charge is 2.30. The van der Waals surface area contributed by atoms with Gasteiger partial charge in [0.15, 0.2) is 6.61 Å². The summed E-state index contributed by atoms with van der Waals surface area (Å²) in [5.41, 5.74) is 0. The van der Waals surface area contributed by atoms with Crippen molar-refractivity contribution in [1.82, 2.24) is 10.2 Å². The SMILES string of the molecule is CCOC(=O)CCCNC(=O)COC(=O)C1CCCN(C(=O)c2cccs2)C1. The number of hydrogen-bond donors (Lipinski definition) is 1. The zero-order valence-corrected chi connectivity index (χ0v) is 16.8. The maximum absolute atomic E-state index is 12.4. The summed E-state index contributed by atoms with van der Waals surface area (Å²) < 4.78 is 9.90. The summed E-state index contributed by atoms with van der Waals surface area (Å²) in [6.07, 6.45) is 2.04. The van der Waals surface area contributed by atoms with Gasteiger partial charge >= 0.3 is 11.9 Å². The number of ether oxygens (including phenoxy) is 2. The van der Waals surface area contributed by atoms with Crippen LogP contribution in [0, 0.1) is 5.92 Å². The number of hydrogen-bond acceptors (Lipinski definition) is 7. The highest BCUT2D eigenvalue weighted by Crippen LogP contribution is 2.21. The molecule has 0 saturated carbocycles. The Morgan fingerprint density at radius 2 is 2.11 bits per heavy atom. The van der Waals surface area contributed by atoms with Gasteiger partial charge in [-0.1, -0.05) is 6.07 Å². The lowest BCUT2D eigenvalue weighted by atomic mass is 9.98. The lowest BCUT2D eigenvalue weighted by Crippen LogP contribution is -2.43. The Labute approximate surface area is 168 Å². The van der Waals surface area contributed by atoms with Crippen LogP contribution in [0.2, 0.25) is 0 Å². The fourth-order valence-corrected chi connectivity index (χ4v) is 3.60. The van der Waals surface area contributed by atoms with Crippen molar-refractivity contribution < 1.29 is 28.7 Å². The van der Waals surface area contributed by atoms with Crippen molar-refractivity contribution in [3.63, 3.8) is 0 Å². The third-order valence-electron chi connectivity index (χ3n) is 4.30. The van der Waals surface area contributed by atoms with E-state index in [1.807, 2.05) is 11.4 Å². The summed E-state index contributed by atoms with van der Waals surface area (Å²) in [7, 11) is 0. The van der Waals surface area contributed by atoms with Crippen LogP contribution in [0.1, 0.15) is 42.3 Å². The zero-order chi connectivity index (χ0) is 20.4. The van der Waals surface area contributed by atoms with E-state index in [9.17, 15) is 19.2 Å². The molecule has 0 spiro atoms. The van der Waals surface area contributed by atoms with E-state index in [0.717, 1.165) is 6.42 Å². The number of esters is 2. The normalized spacial score (nSPS) is 16.3. The van der Waals surface area contributed by atoms with Crippen molar-refractivity contribution >= 4 is 35.1 Å². The molecule has 1 aliphatic heterocycles. The summed E-state index contributed by atoms with van der Waals surface area (Å²) >= 11 is 1.37. The van der Waals surface area contributed by atoms with Crippen molar-refractivity contribution in [2.45, 2.75) is 32.6 Å². The highest BCUT2D eigenvalue weighted by molar-refractivity contribution is 7.12. The largest absolute Gasteiger partial charge is 0.466 e. The van der Waals surface area contributed by atoms with Crippen molar-refractivity contribution in [3.8, 4) is 0 Å². The minimum absolute atomic E-state index is 0.0770. The predicted molar refractivity (Wildman–Crippen MR) is 103 cm³/mol. The van der Waals surface area contributed by atoms with E-state index in [0.29, 0.717) is 44.0 Å². The summed E-state index contributed by atoms with van der Waals surface area (Å²) in [5.74, 6) is -1.69. The van der Waals surface area contributed by atoms with Gasteiger partial charge in [0.2, 0.25) is 0 Å². The van der Waals surface area contributed by atoms with E-state index in [-0.39, 0.29) is 24.9 Å². The van der Waals surface area contributed by atoms with Gasteiger partial charge in [-0.3, -0.25) is 19.2 Å². The third kappa shape index (κ3) is 6.95. The minimum Gasteiger partial charge on any atom is -0.466 e. The van der Waals surface area contributed by atoms with Crippen LogP contribution >= 0.6 is 11.3 Å². The number of amides is 2. The Bertz CT molecular complexity index is 676. The molecule has 1 aromatic heterocycles. The van der Waals surface area contributed by atoms with E-state index in [1.165, 1.54) is 11.3 Å². The first kappa shape index (κ1) is 21.9. The van der Waals surface area contributed by atoms with E-state index in [1.54, 1.807) is 17.9 Å². The Balaban J connectivity index is 1.67. The minimum atomic E-state index is -0.467. The van der Waals surface area contributed by atoms with Gasteiger partial charge in [0.05, 0.1) is 17.4 Å². The molecule has 1 aromatic rings. The molecule has 1 fully saturated rings. The fourth-order valence-electron chi connectivity index (χ4n) is 2.91. The molecule has 0 radical (unpaired) electrons. The Kier molecular flexibility index (Phi) is 8.93. The molecule has 0 aliphatic carbocycles. The topological polar surface area (TPSA) is 102 Å². The maximum Gasteiger partial charge on any atom is 0.311 e. The number of piperidine rings is 1. The summed E-state index contributed by atoms with van der Waals surface area (Å²) in [5, 5.41) is 4.44. The monoisotopic (exact) mass is 410 g/mol. The Morgan fingerprint density at radius 1 is 1.29 bits per heavy atom. The molecule has 2 heterocycles. The molecule has 28 heavy (non-hydrogen) atoms. The van der Waals surface area contributed by atoms with Crippen LogP contribution in [0.15, 0.2) is 17.5 Å². The van der Waals surface area contributed by atoms with Gasteiger partial charge in [0, 0.05) is 26.1 Å². The first-order valence-corrected chi connectivity index (χ1v) is 10.3. The van der Waals surface area contributed by atoms with Crippen LogP contribution in [0.3, 0.4) is 0 Å². The van der Waals surface area contributed by atoms with Crippen LogP contribution < -0.4 is 5.32 Å². The summed E-state index contributed by atoms with van der Waals surface area (Å²) in [4.78, 5) is 49.9. The van der Waals surface area contributed by atoms with Crippen LogP contribution in [-0.2, 0) is 23.9 Å². The lowest BCUT2D eigenvalue weighted by Gasteiger charge is -2.31. The molecular formula is C19H26N2O6S. The van der Waals surface area contributed by atoms with Crippen LogP contribution in [0.5, 0.6) is 0 Å². The Morgan fingerprint density at radius 3 is 2.82 bits per heavy atom. The van der Waals surface area contributed by atoms with Gasteiger partial charge in [0.25, 0.3) is 11.8 Å². The van der Waals surface area contributed by atoms with Crippen molar-refractivity contribution in [2.24, 2.45) is 5.92 Å². The van der Waals surface area contributed by atoms with E-state index in [4.69, 9.17) is 9.47 Å². The third-order valence-corrected chi connectivity index (χ3v) is 5.16. The molecule has 0 aromatic carbocycles. The number of carbonyl (C=O) groups is 4. The Hall–Kier alpha value is -2.42. The van der Waals surface area contributed by atoms with Crippen molar-refractivity contribution in [1.29, 1.82) is 0 Å². The van der Waals surface area contributed by atoms with Gasteiger partial charge in [-0.05, 0) is 37.6 Å². The van der Waals surface area contributed by atoms with Crippen LogP contribution in [0.4, 0.5) is 0 Å². The number of rotatable bonds is 9. The van der Waals surface area contributed by atoms with Crippen LogP contribution in [-0.4, -0.2) is 61.5 Å². The second-order valence-electron chi connectivity index (χ2n) is 6.43. The second-order valence-corrected chi connectivity index (χ2v) is 7.38. The molecule has 2 amide bonds. The van der Waals surface area contributed by atoms with Gasteiger partial charge in [-0.2, -0.15) is 0 Å². The van der Waals surface area contributed by atoms with Gasteiger partial charge < -0.3 is 19.7 Å². The molecule has 1 N–H and O–H groups in total. The van der Waals surface area contributed by atoms with Crippen LogP contribution in [0.25, 0.3) is 0 Å². The van der Waals surface area contributed by atoms with E-state index >= 15 is 0 Å². The van der Waals surface area contributed by atoms with Crippen molar-refractivity contribution in [3.05, 3.63) is 22.4 Å². The van der Waals surface area contributed by atoms with Crippen molar-refractivity contribution in [2.75, 3.05) is 32.8 Å². The number of nitrogens with zero attached hydrogens (tertiary/aromatic N) is 1. The van der Waals surface area contributed by atoms with E-state index in [2.05, 4.69) is 5.32 Å². The smallest absolute Gasteiger partial charge is 0.311 e. The first-order chi connectivity index (χ1) is 13.5. The summed E-state index contributed by atoms with van der Waals surface area (Å²) in [6, 6.07) is 3.58. The molecule has 1 atom stereocenters. The molecule has 154 valence electrons. The highest BCUT2D eigenvalue weighted by atomic mass is 32.1. The average Bonchev–Trinajstić information content (AvgIpc) is 3.24. The standard InChI is InChI=1S/C19H26N2O6S/c1-2-26-17(23)8-3-9-20-16(22)13-27-19(25)14-6-4-10-21(12-14)18(24)15-7-5-11-28-15/h5,7,11,14H,2-4,6,8-10,12-13H2,1H3,(H,20,22). The molecule has 1 saturated heterocycles. The van der Waals surface area contributed by atoms with Gasteiger partial charge in [0.1, 0.15) is 0 Å². The molecule has 0 bridgehead atoms. The predicted octanol–water partition coefficient (Wildman–Crippen LogP) is 1.60. The molecule has 1 aliphatic rings. The number of thiophene rings is 1. The lowest BCUT2D eigenvalue weighted by molar-refractivity contribution is -0.153. The molecule has 9 heteroatoms. The van der Waals surface area contributed by atoms with E-state index < -0.39 is 17.8 Å². The molecule has 8 nitrogen and oxygen atoms in total. The number of nitrogens with one attached hydrogen (secondary N) is 1. The fraction of sp³-hybridized carbons (Fsp3) is 0.579. The molecule has 1 unspecified atom stereocenters. The van der Waals surface area contributed by atoms with Gasteiger partial charge in [-0.15, -0.1) is 11.3 Å². The first-order valence-electron chi connectivity index (χ1n) is 9.43. The average molecular weight is 410 g/mol. The maximum atomic E-state index is 12.4. The summed E-state index contributed by atoms with van der Waals surface area (Å²) in [6.45, 7) is 2.92. The molecule has 2 rings (SSSR count). The quantitative estimate of drug-likeness (QED) is 0.490. The number of likely N-dealkylation sites (tertiary alicyclic amines) is 1. The number of carbonyl (C=O) groups excluding carboxylic acids is 4. The van der Waals surface area contributed by atoms with Gasteiger partial charge in [-0.25, -0.2) is 0 Å².